The van der Waals surface area contributed by atoms with Crippen LogP contribution in [0.25, 0.3) is 0 Å². The highest BCUT2D eigenvalue weighted by Crippen LogP contribution is 2.31. The molecule has 5 heteroatoms. The summed E-state index contributed by atoms with van der Waals surface area (Å²) in [4.78, 5) is 14.4. The van der Waals surface area contributed by atoms with Gasteiger partial charge in [-0.15, -0.1) is 0 Å². The van der Waals surface area contributed by atoms with Gasteiger partial charge in [0.25, 0.3) is 0 Å². The van der Waals surface area contributed by atoms with Crippen molar-refractivity contribution >= 4 is 11.6 Å². The minimum absolute atomic E-state index is 0.0281. The Hall–Kier alpha value is -2.53. The Morgan fingerprint density at radius 2 is 1.81 bits per heavy atom. The van der Waals surface area contributed by atoms with Crippen molar-refractivity contribution in [2.75, 3.05) is 32.1 Å². The van der Waals surface area contributed by atoms with E-state index in [4.69, 9.17) is 9.47 Å². The second-order valence-corrected chi connectivity index (χ2v) is 7.02. The number of ether oxygens (including phenoxy) is 2. The third kappa shape index (κ3) is 4.35. The molecule has 138 valence electrons. The van der Waals surface area contributed by atoms with Crippen LogP contribution in [0.5, 0.6) is 11.5 Å². The molecule has 1 amide bonds. The average molecular weight is 354 g/mol. The molecule has 0 radical (unpaired) electrons. The Balaban J connectivity index is 1.54. The monoisotopic (exact) mass is 354 g/mol. The van der Waals surface area contributed by atoms with Crippen molar-refractivity contribution in [3.05, 3.63) is 53.1 Å². The van der Waals surface area contributed by atoms with Gasteiger partial charge in [0.05, 0.1) is 6.54 Å². The van der Waals surface area contributed by atoms with Crippen LogP contribution in [0.3, 0.4) is 0 Å². The van der Waals surface area contributed by atoms with Crippen LogP contribution in [0.2, 0.25) is 0 Å². The summed E-state index contributed by atoms with van der Waals surface area (Å²) in [6, 6.07) is 11.8. The molecule has 0 aliphatic carbocycles. The highest BCUT2D eigenvalue weighted by molar-refractivity contribution is 5.93. The molecule has 5 nitrogen and oxygen atoms in total. The lowest BCUT2D eigenvalue weighted by Crippen LogP contribution is -2.42. The molecule has 3 rings (SSSR count). The first-order valence-corrected chi connectivity index (χ1v) is 8.87. The summed E-state index contributed by atoms with van der Waals surface area (Å²) in [5, 5.41) is 3.04. The predicted molar refractivity (Wildman–Crippen MR) is 103 cm³/mol. The minimum Gasteiger partial charge on any atom is -0.486 e. The summed E-state index contributed by atoms with van der Waals surface area (Å²) < 4.78 is 11.7. The maximum atomic E-state index is 12.4. The number of carbonyl (C=O) groups is 1. The lowest BCUT2D eigenvalue weighted by atomic mass is 10.1. The molecule has 1 aliphatic rings. The summed E-state index contributed by atoms with van der Waals surface area (Å²) >= 11 is 0. The number of para-hydroxylation sites is 2. The molecule has 1 atom stereocenters. The van der Waals surface area contributed by atoms with E-state index in [-0.39, 0.29) is 12.0 Å². The molecule has 2 aromatic carbocycles. The summed E-state index contributed by atoms with van der Waals surface area (Å²) in [7, 11) is 1.91. The molecule has 0 saturated heterocycles. The Morgan fingerprint density at radius 1 is 1.15 bits per heavy atom. The number of anilines is 1. The summed E-state index contributed by atoms with van der Waals surface area (Å²) in [6.45, 7) is 7.50. The number of likely N-dealkylation sites (N-methyl/N-ethyl adjacent to an activating group) is 1. The van der Waals surface area contributed by atoms with Gasteiger partial charge in [-0.2, -0.15) is 0 Å². The number of hydrogen-bond acceptors (Lipinski definition) is 4. The fourth-order valence-corrected chi connectivity index (χ4v) is 3.37. The van der Waals surface area contributed by atoms with Gasteiger partial charge in [-0.25, -0.2) is 0 Å². The lowest BCUT2D eigenvalue weighted by Gasteiger charge is -2.29. The highest BCUT2D eigenvalue weighted by atomic mass is 16.6. The minimum atomic E-state index is -0.0921. The number of nitrogens with one attached hydrogen (secondary N) is 1. The Morgan fingerprint density at radius 3 is 2.50 bits per heavy atom. The van der Waals surface area contributed by atoms with Gasteiger partial charge < -0.3 is 14.8 Å². The number of hydrogen-bond donors (Lipinski definition) is 1. The first kappa shape index (κ1) is 18.3. The number of rotatable bonds is 5. The van der Waals surface area contributed by atoms with Gasteiger partial charge in [0.15, 0.2) is 11.5 Å². The summed E-state index contributed by atoms with van der Waals surface area (Å²) in [6.07, 6.45) is -0.0921. The normalized spacial score (nSPS) is 15.8. The second kappa shape index (κ2) is 7.79. The van der Waals surface area contributed by atoms with Crippen molar-refractivity contribution in [3.8, 4) is 11.5 Å². The van der Waals surface area contributed by atoms with E-state index in [2.05, 4.69) is 24.4 Å². The first-order valence-electron chi connectivity index (χ1n) is 8.87. The van der Waals surface area contributed by atoms with Gasteiger partial charge in [0.1, 0.15) is 12.7 Å². The maximum Gasteiger partial charge on any atom is 0.238 e. The van der Waals surface area contributed by atoms with E-state index in [1.54, 1.807) is 0 Å². The van der Waals surface area contributed by atoms with Crippen molar-refractivity contribution in [2.24, 2.45) is 0 Å². The summed E-state index contributed by atoms with van der Waals surface area (Å²) in [5.74, 6) is 1.50. The van der Waals surface area contributed by atoms with Gasteiger partial charge in [-0.05, 0) is 51.1 Å². The van der Waals surface area contributed by atoms with Crippen LogP contribution >= 0.6 is 0 Å². The number of amides is 1. The quantitative estimate of drug-likeness (QED) is 0.895. The van der Waals surface area contributed by atoms with Crippen molar-refractivity contribution in [1.29, 1.82) is 0 Å². The van der Waals surface area contributed by atoms with Crippen molar-refractivity contribution in [1.82, 2.24) is 4.90 Å². The molecule has 0 bridgehead atoms. The lowest BCUT2D eigenvalue weighted by molar-refractivity contribution is -0.117. The topological polar surface area (TPSA) is 50.8 Å². The van der Waals surface area contributed by atoms with Gasteiger partial charge in [-0.1, -0.05) is 29.8 Å². The molecule has 1 aliphatic heterocycles. The van der Waals surface area contributed by atoms with Crippen molar-refractivity contribution in [3.63, 3.8) is 0 Å². The smallest absolute Gasteiger partial charge is 0.238 e. The number of nitrogens with zero attached hydrogens (tertiary/aromatic N) is 1. The first-order chi connectivity index (χ1) is 12.4. The average Bonchev–Trinajstić information content (AvgIpc) is 2.58. The van der Waals surface area contributed by atoms with Gasteiger partial charge in [-0.3, -0.25) is 9.69 Å². The fourth-order valence-electron chi connectivity index (χ4n) is 3.37. The van der Waals surface area contributed by atoms with Gasteiger partial charge >= 0.3 is 0 Å². The zero-order valence-electron chi connectivity index (χ0n) is 15.8. The molecule has 0 saturated carbocycles. The van der Waals surface area contributed by atoms with Gasteiger partial charge in [0, 0.05) is 12.2 Å². The molecular formula is C21H26N2O3. The summed E-state index contributed by atoms with van der Waals surface area (Å²) in [5.41, 5.74) is 4.27. The molecule has 0 unspecified atom stereocenters. The van der Waals surface area contributed by atoms with E-state index in [9.17, 15) is 4.79 Å². The number of carbonyl (C=O) groups excluding carboxylic acids is 1. The van der Waals surface area contributed by atoms with E-state index in [1.165, 1.54) is 5.56 Å². The number of fused-ring (bicyclic) bond motifs is 1. The van der Waals surface area contributed by atoms with E-state index in [0.29, 0.717) is 19.7 Å². The molecule has 0 fully saturated rings. The Bertz CT molecular complexity index is 781. The standard InChI is InChI=1S/C21H26N2O3/c1-14-9-15(2)21(16(3)10-14)22-20(24)12-23(4)11-17-13-25-18-7-5-6-8-19(18)26-17/h5-10,17H,11-13H2,1-4H3,(H,22,24)/t17-/m0/s1. The molecule has 0 spiro atoms. The van der Waals surface area contributed by atoms with Crippen LogP contribution in [-0.4, -0.2) is 43.7 Å². The fraction of sp³-hybridized carbons (Fsp3) is 0.381. The van der Waals surface area contributed by atoms with Crippen LogP contribution in [0, 0.1) is 20.8 Å². The highest BCUT2D eigenvalue weighted by Gasteiger charge is 2.22. The third-order valence-electron chi connectivity index (χ3n) is 4.44. The molecule has 1 N–H and O–H groups in total. The van der Waals surface area contributed by atoms with E-state index in [0.717, 1.165) is 28.3 Å². The number of benzene rings is 2. The molecule has 0 aromatic heterocycles. The SMILES string of the molecule is Cc1cc(C)c(NC(=O)CN(C)C[C@H]2COc3ccccc3O2)c(C)c1. The molecule has 2 aromatic rings. The van der Waals surface area contributed by atoms with Crippen LogP contribution in [-0.2, 0) is 4.79 Å². The van der Waals surface area contributed by atoms with Gasteiger partial charge in [0.2, 0.25) is 5.91 Å². The predicted octanol–water partition coefficient (Wildman–Crippen LogP) is 3.32. The van der Waals surface area contributed by atoms with Crippen LogP contribution < -0.4 is 14.8 Å². The zero-order valence-corrected chi connectivity index (χ0v) is 15.8. The van der Waals surface area contributed by atoms with E-state index >= 15 is 0 Å². The largest absolute Gasteiger partial charge is 0.486 e. The number of aryl methyl sites for hydroxylation is 3. The third-order valence-corrected chi connectivity index (χ3v) is 4.44. The molecule has 1 heterocycles. The molecular weight excluding hydrogens is 328 g/mol. The Labute approximate surface area is 154 Å². The van der Waals surface area contributed by atoms with Crippen molar-refractivity contribution < 1.29 is 14.3 Å². The van der Waals surface area contributed by atoms with E-state index in [1.807, 2.05) is 50.1 Å². The van der Waals surface area contributed by atoms with Crippen LogP contribution in [0.1, 0.15) is 16.7 Å². The van der Waals surface area contributed by atoms with Crippen LogP contribution in [0.15, 0.2) is 36.4 Å². The zero-order chi connectivity index (χ0) is 18.7. The van der Waals surface area contributed by atoms with E-state index < -0.39 is 0 Å². The van der Waals surface area contributed by atoms with Crippen LogP contribution in [0.4, 0.5) is 5.69 Å². The Kier molecular flexibility index (Phi) is 5.47. The maximum absolute atomic E-state index is 12.4. The molecule has 26 heavy (non-hydrogen) atoms. The van der Waals surface area contributed by atoms with Crippen molar-refractivity contribution in [2.45, 2.75) is 26.9 Å². The second-order valence-electron chi connectivity index (χ2n) is 7.02.